The van der Waals surface area contributed by atoms with Crippen LogP contribution in [0.15, 0.2) is 107 Å². The van der Waals surface area contributed by atoms with Crippen LogP contribution < -0.4 is 27.1 Å². The molecule has 0 aromatic carbocycles. The maximum Gasteiger partial charge on any atom is 0.243 e. The number of piperidine rings is 1. The van der Waals surface area contributed by atoms with Gasteiger partial charge in [0.15, 0.2) is 0 Å². The molecule has 0 saturated carbocycles. The number of amides is 1. The molecular weight excluding hydrogens is 1720 g/mol. The molecule has 0 spiro atoms. The summed E-state index contributed by atoms with van der Waals surface area (Å²) in [5, 5.41) is 23.4. The van der Waals surface area contributed by atoms with Crippen LogP contribution in [-0.2, 0) is 42.8 Å². The number of nitrogens with one attached hydrogen (secondary N) is 2. The average Bonchev–Trinajstić information content (AvgIpc) is 1.69. The fourth-order valence-corrected chi connectivity index (χ4v) is 13.8. The van der Waals surface area contributed by atoms with E-state index in [0.717, 1.165) is 36.7 Å². The summed E-state index contributed by atoms with van der Waals surface area (Å²) < 4.78 is 12.8. The van der Waals surface area contributed by atoms with Gasteiger partial charge in [-0.15, -0.1) is 0 Å². The molecule has 1 amide bonds. The lowest BCUT2D eigenvalue weighted by atomic mass is 9.89. The Hall–Kier alpha value is -7.57. The van der Waals surface area contributed by atoms with E-state index in [9.17, 15) is 9.59 Å². The van der Waals surface area contributed by atoms with Gasteiger partial charge in [-0.3, -0.25) is 34.6 Å². The summed E-state index contributed by atoms with van der Waals surface area (Å²) in [5.41, 5.74) is 25.5. The van der Waals surface area contributed by atoms with Crippen molar-refractivity contribution in [2.24, 2.45) is 59.0 Å². The highest BCUT2D eigenvalue weighted by molar-refractivity contribution is 6.01. The van der Waals surface area contributed by atoms with E-state index in [1.54, 1.807) is 25.2 Å². The monoisotopic (exact) mass is 1940 g/mol. The third-order valence-electron chi connectivity index (χ3n) is 21.7. The number of aryl methyl sites for hydroxylation is 5. The molecular formula is C114H220N23O2+. The summed E-state index contributed by atoms with van der Waals surface area (Å²) in [5.74, 6) is 2.23. The van der Waals surface area contributed by atoms with E-state index in [2.05, 4.69) is 451 Å². The van der Waals surface area contributed by atoms with Crippen molar-refractivity contribution in [3.8, 4) is 6.07 Å². The van der Waals surface area contributed by atoms with Crippen molar-refractivity contribution in [2.75, 3.05) is 72.6 Å². The predicted molar refractivity (Wildman–Crippen MR) is 603 cm³/mol. The number of imidazole rings is 2. The molecule has 8 N–H and O–H groups in total. The normalized spacial score (nSPS) is 15.1. The molecule has 0 atom stereocenters. The summed E-state index contributed by atoms with van der Waals surface area (Å²) in [6.07, 6.45) is 29.7. The summed E-state index contributed by atoms with van der Waals surface area (Å²) >= 11 is 0. The molecule has 6 aromatic rings. The highest BCUT2D eigenvalue weighted by Crippen LogP contribution is 2.27. The predicted octanol–water partition coefficient (Wildman–Crippen LogP) is 25.2. The Morgan fingerprint density at radius 3 is 1.18 bits per heavy atom. The largest absolute Gasteiger partial charge is 0.370 e. The van der Waals surface area contributed by atoms with Crippen LogP contribution >= 0.6 is 0 Å². The second kappa shape index (κ2) is 61.5. The molecule has 25 nitrogen and oxygen atoms in total. The lowest BCUT2D eigenvalue weighted by molar-refractivity contribution is -0.752. The fourth-order valence-electron chi connectivity index (χ4n) is 13.8. The number of hydrogen-bond acceptors (Lipinski definition) is 17. The molecule has 802 valence electrons. The first-order valence-electron chi connectivity index (χ1n) is 51.4. The number of carbonyl (C=O) groups excluding carboxylic acids is 2. The smallest absolute Gasteiger partial charge is 0.243 e. The Labute approximate surface area is 854 Å². The Balaban J connectivity index is -0.000000704. The average molecular weight is 1950 g/mol. The number of nitrogens with zero attached hydrogens (tertiary/aromatic N) is 18. The number of ketones is 1. The molecule has 0 aliphatic carbocycles. The van der Waals surface area contributed by atoms with Crippen molar-refractivity contribution in [2.45, 2.75) is 478 Å². The summed E-state index contributed by atoms with van der Waals surface area (Å²) in [6.45, 7) is 121. The van der Waals surface area contributed by atoms with E-state index in [1.807, 2.05) is 81.4 Å². The van der Waals surface area contributed by atoms with Crippen molar-refractivity contribution < 1.29 is 14.2 Å². The maximum absolute atomic E-state index is 10.8. The van der Waals surface area contributed by atoms with E-state index in [0.29, 0.717) is 54.0 Å². The second-order valence-corrected chi connectivity index (χ2v) is 52.8. The van der Waals surface area contributed by atoms with Gasteiger partial charge in [0, 0.05) is 174 Å². The number of piperazine rings is 1. The van der Waals surface area contributed by atoms with Gasteiger partial charge in [0.05, 0.1) is 23.5 Å². The van der Waals surface area contributed by atoms with E-state index < -0.39 is 0 Å². The highest BCUT2D eigenvalue weighted by Gasteiger charge is 2.28. The lowest BCUT2D eigenvalue weighted by Crippen LogP contribution is -2.52. The quantitative estimate of drug-likeness (QED) is 0.0793. The SMILES string of the molecule is CC(C)(C)C1=NCC=N1.CC(C)(C)C1=NN=CC1.CC(C)(C)CCC(N)=O.CC(C)(C)N.CC(C)(C)N1CCCC1.CC(C)(C)N1CCCCC1.CC(C)(C)NCN.CC(C)(C)[n+]1c[nH]c(C#N)c1.CC(C)(C)n1cccc1.CC(C)(C)n1cncn1.CCC(=O)CC(C)(C)C.CN1CCN(C(C)(C)C)CC1.Cc1ccc(C)n1C(C)(C)C.Cc1cccn1C(C)(C)C.Cc1cn(C(C)(C)C)c(C)n1. The molecule has 3 saturated heterocycles. The van der Waals surface area contributed by atoms with Gasteiger partial charge in [0.1, 0.15) is 47.9 Å². The van der Waals surface area contributed by atoms with E-state index >= 15 is 0 Å². The van der Waals surface area contributed by atoms with Crippen molar-refractivity contribution >= 4 is 35.7 Å². The number of aromatic nitrogens is 10. The molecule has 0 unspecified atom stereocenters. The minimum Gasteiger partial charge on any atom is -0.370 e. The van der Waals surface area contributed by atoms with E-state index in [4.69, 9.17) is 22.5 Å². The molecule has 11 rings (SSSR count). The Morgan fingerprint density at radius 1 is 0.532 bits per heavy atom. The van der Waals surface area contributed by atoms with Gasteiger partial charge in [-0.1, -0.05) is 96.4 Å². The molecule has 5 aliphatic heterocycles. The molecule has 0 radical (unpaired) electrons. The van der Waals surface area contributed by atoms with Gasteiger partial charge in [-0.25, -0.2) is 29.2 Å². The first kappa shape index (κ1) is 138. The molecule has 139 heavy (non-hydrogen) atoms. The minimum atomic E-state index is -0.204. The van der Waals surface area contributed by atoms with E-state index in [-0.39, 0.29) is 71.9 Å². The maximum atomic E-state index is 10.8. The summed E-state index contributed by atoms with van der Waals surface area (Å²) in [7, 11) is 2.19. The number of hydrogen-bond donors (Lipinski definition) is 5. The third kappa shape index (κ3) is 70.7. The number of rotatable bonds is 5. The van der Waals surface area contributed by atoms with Crippen molar-refractivity contribution in [3.05, 3.63) is 121 Å². The number of aromatic amines is 1. The first-order chi connectivity index (χ1) is 62.5. The molecule has 11 heterocycles. The Morgan fingerprint density at radius 2 is 0.986 bits per heavy atom. The number of likely N-dealkylation sites (tertiary alicyclic amines) is 2. The number of carbonyl (C=O) groups is 2. The third-order valence-corrected chi connectivity index (χ3v) is 21.7. The molecule has 0 bridgehead atoms. The van der Waals surface area contributed by atoms with Crippen LogP contribution in [0.3, 0.4) is 0 Å². The van der Waals surface area contributed by atoms with Crippen LogP contribution in [0, 0.1) is 67.6 Å². The van der Waals surface area contributed by atoms with Crippen molar-refractivity contribution in [3.63, 3.8) is 0 Å². The number of amidine groups is 1. The number of nitriles is 1. The number of primary amides is 1. The van der Waals surface area contributed by atoms with Crippen LogP contribution in [0.4, 0.5) is 0 Å². The summed E-state index contributed by atoms with van der Waals surface area (Å²) in [6, 6.07) is 14.7. The van der Waals surface area contributed by atoms with Crippen LogP contribution in [0.1, 0.15) is 417 Å². The van der Waals surface area contributed by atoms with Gasteiger partial charge < -0.3 is 40.4 Å². The zero-order valence-corrected chi connectivity index (χ0v) is 100.0. The molecule has 6 aromatic heterocycles. The Bertz CT molecular complexity index is 4310. The number of H-pyrrole nitrogens is 1. The topological polar surface area (TPSA) is 293 Å². The van der Waals surface area contributed by atoms with Crippen molar-refractivity contribution in [1.29, 1.82) is 5.26 Å². The summed E-state index contributed by atoms with van der Waals surface area (Å²) in [4.78, 5) is 50.5. The van der Waals surface area contributed by atoms with Gasteiger partial charge in [0.25, 0.3) is 0 Å². The number of Topliss-reactive ketones (excluding diaryl/α,β-unsaturated/α-hetero) is 1. The fraction of sp³-hybridized carbons (Fsp3) is 0.763. The van der Waals surface area contributed by atoms with E-state index in [1.165, 1.54) is 107 Å². The zero-order valence-electron chi connectivity index (χ0n) is 100.0. The second-order valence-electron chi connectivity index (χ2n) is 52.8. The number of aliphatic imine (C=N–C) groups is 2. The standard InChI is InChI=1S/C10H17N.C9H20N2.C9H16N2.C9H15N.C9H19N.C8H11N3.C8H17N.C8H13N.C8H16O.2C7H12N2.C7H15NO.C6H11N3.C5H14N2.C4H11N/c1-8-6-7-9(2)11(8)10(3,4)5;1-9(2,3)11-7-5-10(4)6-8-11;1-7-6-11(8(2)10-7)9(3,4)5;1-8-6-5-7-10(8)9(2,3)4;1-9(2,3)10-7-5-4-6-8-10;1-8(2,3)11-5-7(4-9)10-6-11;2*1-8(2,3)9-6-4-5-7-9;1-5-7(9)6-8(2,3)4;1-7(2,3)6-8-4-5-9-6;1-7(2,3)6-4-5-8-9-6;1-7(2,3)5-4-6(8)9;1-6(2,3)9-5-7-4-8-9;1-5(2,3)7-4-6;1-4(2,3)5/h6-7H,1-5H3;5-8H2,1-4H3;6H,1-5H3;5-7H,1-4H3;4-8H2,1-3H3;5-6H,1-3H3;4-7H2,1-3H3;4-7H,1-3H3;5-6H2,1-4H3;4H,5H2,1-3H3;5H,4H2,1-3H3;4-5H2,1-3H3,(H2,8,9);4-5H,1-3H3;7H,4,6H2,1-3H3;5H2,1-3H3/p+1. The van der Waals surface area contributed by atoms with Crippen LogP contribution in [0.5, 0.6) is 0 Å². The minimum absolute atomic E-state index is 0. The van der Waals surface area contributed by atoms with Crippen molar-refractivity contribution in [1.82, 2.24) is 67.9 Å². The highest BCUT2D eigenvalue weighted by atomic mass is 16.1. The van der Waals surface area contributed by atoms with Gasteiger partial charge in [0.2, 0.25) is 17.9 Å². The first-order valence-corrected chi connectivity index (χ1v) is 51.4. The zero-order chi connectivity index (χ0) is 110. The molecule has 25 heteroatoms. The number of nitrogens with two attached hydrogens (primary N) is 3. The van der Waals surface area contributed by atoms with Crippen LogP contribution in [-0.4, -0.2) is 199 Å². The van der Waals surface area contributed by atoms with Gasteiger partial charge in [-0.05, 0) is 376 Å². The molecule has 5 aliphatic rings. The van der Waals surface area contributed by atoms with Crippen LogP contribution in [0.2, 0.25) is 0 Å². The Kier molecular flexibility index (Phi) is 61.0. The van der Waals surface area contributed by atoms with Crippen LogP contribution in [0.25, 0.3) is 0 Å². The van der Waals surface area contributed by atoms with Gasteiger partial charge in [-0.2, -0.15) is 20.6 Å². The lowest BCUT2D eigenvalue weighted by Gasteiger charge is -2.41. The van der Waals surface area contributed by atoms with Gasteiger partial charge >= 0.3 is 0 Å². The number of likely N-dealkylation sites (N-methyl/N-ethyl adjacent to an activating group) is 1. The molecule has 3 fully saturated rings.